The molecule has 1 N–H and O–H groups in total. The van der Waals surface area contributed by atoms with Crippen LogP contribution in [0.1, 0.15) is 18.4 Å². The minimum atomic E-state index is -2.60. The number of nitrogens with one attached hydrogen (secondary N) is 1. The second kappa shape index (κ2) is 2.06. The van der Waals surface area contributed by atoms with Crippen LogP contribution in [0, 0.1) is 5.92 Å². The third-order valence-corrected chi connectivity index (χ3v) is 2.07. The number of rotatable bonds is 2. The van der Waals surface area contributed by atoms with E-state index >= 15 is 0 Å². The van der Waals surface area contributed by atoms with Gasteiger partial charge in [0.1, 0.15) is 0 Å². The lowest BCUT2D eigenvalue weighted by Crippen LogP contribution is -2.14. The summed E-state index contributed by atoms with van der Waals surface area (Å²) in [6, 6.07) is 1.44. The van der Waals surface area contributed by atoms with Crippen molar-refractivity contribution in [2.24, 2.45) is 5.92 Å². The van der Waals surface area contributed by atoms with Crippen molar-refractivity contribution in [3.05, 3.63) is 24.0 Å². The van der Waals surface area contributed by atoms with Crippen LogP contribution in [-0.2, 0) is 5.92 Å². The van der Waals surface area contributed by atoms with Gasteiger partial charge in [-0.15, -0.1) is 0 Å². The van der Waals surface area contributed by atoms with Crippen molar-refractivity contribution in [2.45, 2.75) is 18.8 Å². The summed E-state index contributed by atoms with van der Waals surface area (Å²) < 4.78 is 26.3. The Kier molecular flexibility index (Phi) is 1.28. The van der Waals surface area contributed by atoms with Gasteiger partial charge in [-0.25, -0.2) is 8.78 Å². The molecule has 1 aromatic heterocycles. The predicted octanol–water partition coefficient (Wildman–Crippen LogP) is 2.52. The maximum absolute atomic E-state index is 13.2. The maximum atomic E-state index is 13.2. The summed E-state index contributed by atoms with van der Waals surface area (Å²) in [6.07, 6.45) is 4.24. The van der Waals surface area contributed by atoms with Crippen molar-refractivity contribution >= 4 is 0 Å². The minimum absolute atomic E-state index is 0.125. The van der Waals surface area contributed by atoms with Gasteiger partial charge in [0.2, 0.25) is 0 Å². The number of alkyl halides is 2. The first kappa shape index (κ1) is 6.83. The molecule has 1 saturated carbocycles. The highest BCUT2D eigenvalue weighted by atomic mass is 19.3. The van der Waals surface area contributed by atoms with Crippen molar-refractivity contribution < 1.29 is 8.78 Å². The molecule has 0 saturated heterocycles. The number of hydrogen-bond donors (Lipinski definition) is 1. The Morgan fingerprint density at radius 2 is 2.18 bits per heavy atom. The number of aromatic nitrogens is 1. The standard InChI is InChI=1S/C8H9F2N/c9-8(10,6-1-2-6)7-3-4-11-5-7/h3-6,11H,1-2H2. The third-order valence-electron chi connectivity index (χ3n) is 2.07. The zero-order valence-corrected chi connectivity index (χ0v) is 5.98. The molecule has 0 unspecified atom stereocenters. The molecule has 3 heteroatoms. The summed E-state index contributed by atoms with van der Waals surface area (Å²) in [5.74, 6) is -3.00. The molecular formula is C8H9F2N. The van der Waals surface area contributed by atoms with Crippen molar-refractivity contribution in [3.63, 3.8) is 0 Å². The van der Waals surface area contributed by atoms with E-state index in [0.717, 1.165) is 0 Å². The molecule has 0 amide bonds. The fourth-order valence-electron chi connectivity index (χ4n) is 1.21. The molecule has 0 aromatic carbocycles. The van der Waals surface area contributed by atoms with Crippen LogP contribution in [0.4, 0.5) is 8.78 Å². The van der Waals surface area contributed by atoms with Gasteiger partial charge in [0, 0.05) is 23.9 Å². The summed E-state index contributed by atoms with van der Waals surface area (Å²) >= 11 is 0. The number of aromatic amines is 1. The Bertz CT molecular complexity index is 237. The van der Waals surface area contributed by atoms with E-state index in [-0.39, 0.29) is 5.56 Å². The molecule has 11 heavy (non-hydrogen) atoms. The van der Waals surface area contributed by atoms with E-state index in [1.165, 1.54) is 18.5 Å². The zero-order chi connectivity index (χ0) is 7.90. The molecule has 0 radical (unpaired) electrons. The Balaban J connectivity index is 2.26. The molecule has 1 heterocycles. The molecule has 0 spiro atoms. The topological polar surface area (TPSA) is 15.8 Å². The number of hydrogen-bond acceptors (Lipinski definition) is 0. The number of H-pyrrole nitrogens is 1. The first-order valence-corrected chi connectivity index (χ1v) is 3.72. The Morgan fingerprint density at radius 3 is 2.64 bits per heavy atom. The van der Waals surface area contributed by atoms with Gasteiger partial charge in [-0.2, -0.15) is 0 Å². The van der Waals surface area contributed by atoms with Gasteiger partial charge < -0.3 is 4.98 Å². The van der Waals surface area contributed by atoms with Crippen LogP contribution >= 0.6 is 0 Å². The van der Waals surface area contributed by atoms with Crippen LogP contribution in [0.15, 0.2) is 18.5 Å². The normalized spacial score (nSPS) is 18.7. The van der Waals surface area contributed by atoms with Crippen molar-refractivity contribution in [1.29, 1.82) is 0 Å². The van der Waals surface area contributed by atoms with Crippen molar-refractivity contribution in [1.82, 2.24) is 4.98 Å². The molecular weight excluding hydrogens is 148 g/mol. The smallest absolute Gasteiger partial charge is 0.277 e. The van der Waals surface area contributed by atoms with Gasteiger partial charge >= 0.3 is 0 Å². The highest BCUT2D eigenvalue weighted by molar-refractivity contribution is 5.18. The maximum Gasteiger partial charge on any atom is 0.277 e. The molecule has 0 atom stereocenters. The molecule has 2 rings (SSSR count). The fraction of sp³-hybridized carbons (Fsp3) is 0.500. The monoisotopic (exact) mass is 157 g/mol. The zero-order valence-electron chi connectivity index (χ0n) is 5.98. The lowest BCUT2D eigenvalue weighted by Gasteiger charge is -2.12. The van der Waals surface area contributed by atoms with E-state index in [2.05, 4.69) is 4.98 Å². The highest BCUT2D eigenvalue weighted by Crippen LogP contribution is 2.49. The van der Waals surface area contributed by atoms with E-state index < -0.39 is 11.8 Å². The molecule has 60 valence electrons. The van der Waals surface area contributed by atoms with Crippen LogP contribution in [0.25, 0.3) is 0 Å². The Labute approximate surface area is 63.4 Å². The largest absolute Gasteiger partial charge is 0.367 e. The summed E-state index contributed by atoms with van der Waals surface area (Å²) in [5, 5.41) is 0. The Morgan fingerprint density at radius 1 is 1.45 bits per heavy atom. The van der Waals surface area contributed by atoms with Gasteiger partial charge in [-0.1, -0.05) is 0 Å². The second-order valence-corrected chi connectivity index (χ2v) is 3.00. The Hall–Kier alpha value is -0.860. The van der Waals surface area contributed by atoms with E-state index in [1.807, 2.05) is 0 Å². The summed E-state index contributed by atoms with van der Waals surface area (Å²) in [6.45, 7) is 0. The molecule has 1 aliphatic rings. The van der Waals surface area contributed by atoms with Gasteiger partial charge in [0.15, 0.2) is 0 Å². The lowest BCUT2D eigenvalue weighted by molar-refractivity contribution is -0.0284. The molecule has 0 aliphatic heterocycles. The first-order valence-electron chi connectivity index (χ1n) is 3.72. The van der Waals surface area contributed by atoms with Gasteiger partial charge in [-0.3, -0.25) is 0 Å². The van der Waals surface area contributed by atoms with Crippen molar-refractivity contribution in [3.8, 4) is 0 Å². The predicted molar refractivity (Wildman–Crippen MR) is 37.4 cm³/mol. The lowest BCUT2D eigenvalue weighted by atomic mass is 10.1. The average molecular weight is 157 g/mol. The number of halogens is 2. The van der Waals surface area contributed by atoms with Gasteiger partial charge in [0.05, 0.1) is 0 Å². The van der Waals surface area contributed by atoms with Crippen molar-refractivity contribution in [2.75, 3.05) is 0 Å². The van der Waals surface area contributed by atoms with E-state index in [9.17, 15) is 8.78 Å². The van der Waals surface area contributed by atoms with E-state index in [4.69, 9.17) is 0 Å². The van der Waals surface area contributed by atoms with Gasteiger partial charge in [0.25, 0.3) is 5.92 Å². The van der Waals surface area contributed by atoms with Crippen LogP contribution in [0.2, 0.25) is 0 Å². The quantitative estimate of drug-likeness (QED) is 0.678. The summed E-state index contributed by atoms with van der Waals surface area (Å²) in [4.78, 5) is 2.64. The SMILES string of the molecule is FC(F)(c1cc[nH]c1)C1CC1. The minimum Gasteiger partial charge on any atom is -0.367 e. The molecule has 1 nitrogen and oxygen atoms in total. The highest BCUT2D eigenvalue weighted by Gasteiger charge is 2.48. The van der Waals surface area contributed by atoms with Gasteiger partial charge in [-0.05, 0) is 18.9 Å². The summed E-state index contributed by atoms with van der Waals surface area (Å²) in [5.41, 5.74) is 0.125. The molecule has 1 aliphatic carbocycles. The van der Waals surface area contributed by atoms with Crippen LogP contribution < -0.4 is 0 Å². The first-order chi connectivity index (χ1) is 5.21. The molecule has 1 aromatic rings. The van der Waals surface area contributed by atoms with Crippen LogP contribution in [0.5, 0.6) is 0 Å². The van der Waals surface area contributed by atoms with Crippen LogP contribution in [-0.4, -0.2) is 4.98 Å². The average Bonchev–Trinajstić information content (AvgIpc) is 2.66. The summed E-state index contributed by atoms with van der Waals surface area (Å²) in [7, 11) is 0. The molecule has 0 bridgehead atoms. The van der Waals surface area contributed by atoms with E-state index in [0.29, 0.717) is 12.8 Å². The van der Waals surface area contributed by atoms with Crippen LogP contribution in [0.3, 0.4) is 0 Å². The van der Waals surface area contributed by atoms with E-state index in [1.54, 1.807) is 0 Å². The fourth-order valence-corrected chi connectivity index (χ4v) is 1.21. The molecule has 1 fully saturated rings. The third kappa shape index (κ3) is 1.04. The second-order valence-electron chi connectivity index (χ2n) is 3.00.